The fraction of sp³-hybridized carbons (Fsp3) is 0.226. The summed E-state index contributed by atoms with van der Waals surface area (Å²) in [7, 11) is -0.384. The molecule has 0 spiro atoms. The highest BCUT2D eigenvalue weighted by atomic mass is 16.7. The maximum Gasteiger partial charge on any atom is 0.494 e. The third-order valence-corrected chi connectivity index (χ3v) is 7.26. The second-order valence-corrected chi connectivity index (χ2v) is 10.1. The molecule has 1 unspecified atom stereocenters. The molecule has 0 aliphatic carbocycles. The summed E-state index contributed by atoms with van der Waals surface area (Å²) in [6.07, 6.45) is 0. The van der Waals surface area contributed by atoms with Crippen molar-refractivity contribution >= 4 is 12.6 Å². The van der Waals surface area contributed by atoms with Gasteiger partial charge in [-0.2, -0.15) is 0 Å². The lowest BCUT2D eigenvalue weighted by atomic mass is 9.75. The normalized spacial score (nSPS) is 17.5. The van der Waals surface area contributed by atoms with Gasteiger partial charge in [0.15, 0.2) is 0 Å². The van der Waals surface area contributed by atoms with Crippen LogP contribution in [0.25, 0.3) is 11.1 Å². The molecule has 0 bridgehead atoms. The Morgan fingerprint density at radius 2 is 1.15 bits per heavy atom. The molecular weight excluding hydrogens is 415 g/mol. The van der Waals surface area contributed by atoms with Gasteiger partial charge < -0.3 is 9.31 Å². The lowest BCUT2D eigenvalue weighted by Gasteiger charge is -2.32. The van der Waals surface area contributed by atoms with Crippen LogP contribution in [0.2, 0.25) is 0 Å². The SMILES string of the molecule is CC1(C)OB(c2cccc(C(c3ccccc3)c3ccccc3-c3ccccc3)c2)OC1(C)C. The Morgan fingerprint density at radius 3 is 1.82 bits per heavy atom. The minimum absolute atomic E-state index is 0.0833. The van der Waals surface area contributed by atoms with Crippen LogP contribution in [0.3, 0.4) is 0 Å². The maximum atomic E-state index is 6.37. The summed E-state index contributed by atoms with van der Waals surface area (Å²) in [6.45, 7) is 8.39. The molecule has 1 heterocycles. The van der Waals surface area contributed by atoms with Gasteiger partial charge in [-0.3, -0.25) is 0 Å². The fourth-order valence-corrected chi connectivity index (χ4v) is 4.69. The van der Waals surface area contributed by atoms with Crippen molar-refractivity contribution in [2.24, 2.45) is 0 Å². The van der Waals surface area contributed by atoms with E-state index in [0.717, 1.165) is 5.46 Å². The topological polar surface area (TPSA) is 18.5 Å². The average Bonchev–Trinajstić information content (AvgIpc) is 3.08. The van der Waals surface area contributed by atoms with Crippen molar-refractivity contribution in [1.29, 1.82) is 0 Å². The molecule has 170 valence electrons. The zero-order valence-corrected chi connectivity index (χ0v) is 20.4. The Morgan fingerprint density at radius 1 is 0.588 bits per heavy atom. The fourth-order valence-electron chi connectivity index (χ4n) is 4.69. The molecule has 4 aromatic rings. The van der Waals surface area contributed by atoms with Crippen molar-refractivity contribution in [2.75, 3.05) is 0 Å². The first kappa shape index (κ1) is 22.6. The molecule has 1 fully saturated rings. The van der Waals surface area contributed by atoms with Crippen molar-refractivity contribution in [2.45, 2.75) is 44.8 Å². The first-order valence-corrected chi connectivity index (χ1v) is 12.0. The molecule has 3 heteroatoms. The van der Waals surface area contributed by atoms with Crippen LogP contribution >= 0.6 is 0 Å². The van der Waals surface area contributed by atoms with Gasteiger partial charge in [-0.1, -0.05) is 109 Å². The lowest BCUT2D eigenvalue weighted by molar-refractivity contribution is 0.00578. The Bertz CT molecular complexity index is 1250. The molecular formula is C31H31BO2. The molecule has 0 saturated carbocycles. The van der Waals surface area contributed by atoms with Crippen LogP contribution in [0.4, 0.5) is 0 Å². The third kappa shape index (κ3) is 4.22. The largest absolute Gasteiger partial charge is 0.494 e. The highest BCUT2D eigenvalue weighted by Crippen LogP contribution is 2.39. The molecule has 1 aliphatic heterocycles. The first-order valence-electron chi connectivity index (χ1n) is 12.0. The van der Waals surface area contributed by atoms with E-state index in [9.17, 15) is 0 Å². The van der Waals surface area contributed by atoms with Crippen molar-refractivity contribution in [3.63, 3.8) is 0 Å². The van der Waals surface area contributed by atoms with Crippen LogP contribution in [-0.4, -0.2) is 18.3 Å². The van der Waals surface area contributed by atoms with Gasteiger partial charge in [-0.15, -0.1) is 0 Å². The van der Waals surface area contributed by atoms with Crippen LogP contribution in [0, 0.1) is 0 Å². The quantitative estimate of drug-likeness (QED) is 0.247. The smallest absolute Gasteiger partial charge is 0.399 e. The molecule has 1 atom stereocenters. The van der Waals surface area contributed by atoms with E-state index in [1.54, 1.807) is 0 Å². The Balaban J connectivity index is 1.63. The second kappa shape index (κ2) is 8.90. The maximum absolute atomic E-state index is 6.37. The van der Waals surface area contributed by atoms with E-state index in [4.69, 9.17) is 9.31 Å². The molecule has 0 aromatic heterocycles. The van der Waals surface area contributed by atoms with E-state index in [0.29, 0.717) is 0 Å². The van der Waals surface area contributed by atoms with Gasteiger partial charge >= 0.3 is 7.12 Å². The van der Waals surface area contributed by atoms with Gasteiger partial charge in [0.2, 0.25) is 0 Å². The molecule has 5 rings (SSSR count). The molecule has 0 radical (unpaired) electrons. The van der Waals surface area contributed by atoms with Crippen molar-refractivity contribution in [3.05, 3.63) is 126 Å². The van der Waals surface area contributed by atoms with Gasteiger partial charge in [0.1, 0.15) is 0 Å². The Labute approximate surface area is 203 Å². The summed E-state index contributed by atoms with van der Waals surface area (Å²) >= 11 is 0. The predicted molar refractivity (Wildman–Crippen MR) is 141 cm³/mol. The molecule has 1 aliphatic rings. The minimum Gasteiger partial charge on any atom is -0.399 e. The highest BCUT2D eigenvalue weighted by Gasteiger charge is 2.51. The van der Waals surface area contributed by atoms with Gasteiger partial charge in [-0.25, -0.2) is 0 Å². The van der Waals surface area contributed by atoms with E-state index in [1.807, 2.05) is 0 Å². The number of hydrogen-bond donors (Lipinski definition) is 0. The van der Waals surface area contributed by atoms with Crippen LogP contribution in [0.5, 0.6) is 0 Å². The molecule has 0 N–H and O–H groups in total. The molecule has 34 heavy (non-hydrogen) atoms. The molecule has 0 amide bonds. The zero-order chi connectivity index (χ0) is 23.8. The van der Waals surface area contributed by atoms with E-state index in [1.165, 1.54) is 27.8 Å². The summed E-state index contributed by atoms with van der Waals surface area (Å²) in [5, 5.41) is 0. The van der Waals surface area contributed by atoms with E-state index >= 15 is 0 Å². The molecule has 1 saturated heterocycles. The van der Waals surface area contributed by atoms with Crippen molar-refractivity contribution in [3.8, 4) is 11.1 Å². The summed E-state index contributed by atoms with van der Waals surface area (Å²) < 4.78 is 12.7. The van der Waals surface area contributed by atoms with E-state index in [-0.39, 0.29) is 24.2 Å². The van der Waals surface area contributed by atoms with E-state index in [2.05, 4.69) is 137 Å². The summed E-state index contributed by atoms with van der Waals surface area (Å²) in [4.78, 5) is 0. The number of benzene rings is 4. The van der Waals surface area contributed by atoms with Gasteiger partial charge in [0.25, 0.3) is 0 Å². The Hall–Kier alpha value is -3.14. The van der Waals surface area contributed by atoms with Gasteiger partial charge in [0.05, 0.1) is 11.2 Å². The standard InChI is InChI=1S/C31H31BO2/c1-30(2)31(3,4)34-32(33-30)26-19-13-18-25(22-26)29(24-16-9-6-10-17-24)28-21-12-11-20-27(28)23-14-7-5-8-15-23/h5-22,29H,1-4H3. The zero-order valence-electron chi connectivity index (χ0n) is 20.4. The summed E-state index contributed by atoms with van der Waals surface area (Å²) in [5.41, 5.74) is 6.55. The van der Waals surface area contributed by atoms with Crippen molar-refractivity contribution in [1.82, 2.24) is 0 Å². The predicted octanol–water partition coefficient (Wildman–Crippen LogP) is 6.83. The highest BCUT2D eigenvalue weighted by molar-refractivity contribution is 6.62. The monoisotopic (exact) mass is 446 g/mol. The molecule has 2 nitrogen and oxygen atoms in total. The number of hydrogen-bond acceptors (Lipinski definition) is 2. The summed E-state index contributed by atoms with van der Waals surface area (Å²) in [5.74, 6) is 0.0833. The van der Waals surface area contributed by atoms with Gasteiger partial charge in [0, 0.05) is 5.92 Å². The van der Waals surface area contributed by atoms with Crippen LogP contribution < -0.4 is 5.46 Å². The number of rotatable bonds is 5. The van der Waals surface area contributed by atoms with Crippen LogP contribution in [-0.2, 0) is 9.31 Å². The Kier molecular flexibility index (Phi) is 5.93. The summed E-state index contributed by atoms with van der Waals surface area (Å²) in [6, 6.07) is 38.8. The van der Waals surface area contributed by atoms with E-state index < -0.39 is 0 Å². The van der Waals surface area contributed by atoms with Crippen LogP contribution in [0.1, 0.15) is 50.3 Å². The minimum atomic E-state index is -0.384. The van der Waals surface area contributed by atoms with Crippen LogP contribution in [0.15, 0.2) is 109 Å². The second-order valence-electron chi connectivity index (χ2n) is 10.1. The van der Waals surface area contributed by atoms with Crippen molar-refractivity contribution < 1.29 is 9.31 Å². The van der Waals surface area contributed by atoms with Gasteiger partial charge in [-0.05, 0) is 61.0 Å². The molecule has 4 aromatic carbocycles. The average molecular weight is 446 g/mol. The lowest BCUT2D eigenvalue weighted by Crippen LogP contribution is -2.41. The first-order chi connectivity index (χ1) is 16.4. The third-order valence-electron chi connectivity index (χ3n) is 7.26.